The van der Waals surface area contributed by atoms with Gasteiger partial charge in [0.25, 0.3) is 0 Å². The van der Waals surface area contributed by atoms with Crippen molar-refractivity contribution in [3.8, 4) is 22.3 Å². The minimum atomic E-state index is 1.12. The number of hydrogen-bond acceptors (Lipinski definition) is 2. The van der Waals surface area contributed by atoms with Crippen LogP contribution in [0.3, 0.4) is 0 Å². The number of nitrogens with zero attached hydrogens (tertiary/aromatic N) is 1. The summed E-state index contributed by atoms with van der Waals surface area (Å²) in [6, 6.07) is 73.6. The molecule has 0 saturated heterocycles. The number of anilines is 3. The molecule has 0 aliphatic heterocycles. The molecule has 11 aromatic rings. The SMILES string of the molecule is c1ccc(-c2ccc(N(c3ccc(-c4cc5ccccc5c5ccccc45)c4ccccc34)c3cccc4sc5cc6ccccc6cc5c34)cc2)cc1. The first-order chi connectivity index (χ1) is 26.8. The van der Waals surface area contributed by atoms with Crippen molar-refractivity contribution in [2.45, 2.75) is 0 Å². The zero-order valence-electron chi connectivity index (χ0n) is 29.4. The monoisotopic (exact) mass is 703 g/mol. The minimum Gasteiger partial charge on any atom is -0.309 e. The van der Waals surface area contributed by atoms with Gasteiger partial charge in [-0.2, -0.15) is 0 Å². The lowest BCUT2D eigenvalue weighted by molar-refractivity contribution is 1.32. The Morgan fingerprint density at radius 3 is 1.70 bits per heavy atom. The molecule has 2 heteroatoms. The molecule has 54 heavy (non-hydrogen) atoms. The first kappa shape index (κ1) is 30.8. The van der Waals surface area contributed by atoms with E-state index in [9.17, 15) is 0 Å². The van der Waals surface area contributed by atoms with Crippen LogP contribution in [-0.2, 0) is 0 Å². The van der Waals surface area contributed by atoms with Gasteiger partial charge in [-0.05, 0) is 108 Å². The van der Waals surface area contributed by atoms with Crippen molar-refractivity contribution in [3.05, 3.63) is 200 Å². The van der Waals surface area contributed by atoms with E-state index < -0.39 is 0 Å². The molecule has 0 fully saturated rings. The first-order valence-electron chi connectivity index (χ1n) is 18.5. The van der Waals surface area contributed by atoms with E-state index >= 15 is 0 Å². The normalized spacial score (nSPS) is 11.7. The highest BCUT2D eigenvalue weighted by Crippen LogP contribution is 2.49. The summed E-state index contributed by atoms with van der Waals surface area (Å²) in [5.41, 5.74) is 8.36. The van der Waals surface area contributed by atoms with Crippen molar-refractivity contribution in [1.29, 1.82) is 0 Å². The maximum Gasteiger partial charge on any atom is 0.0555 e. The maximum absolute atomic E-state index is 2.49. The van der Waals surface area contributed by atoms with Gasteiger partial charge in [0.2, 0.25) is 0 Å². The summed E-state index contributed by atoms with van der Waals surface area (Å²) in [7, 11) is 0. The van der Waals surface area contributed by atoms with Gasteiger partial charge in [-0.3, -0.25) is 0 Å². The van der Waals surface area contributed by atoms with Crippen molar-refractivity contribution in [2.75, 3.05) is 4.90 Å². The van der Waals surface area contributed by atoms with Crippen molar-refractivity contribution in [2.24, 2.45) is 0 Å². The largest absolute Gasteiger partial charge is 0.309 e. The summed E-state index contributed by atoms with van der Waals surface area (Å²) < 4.78 is 2.59. The van der Waals surface area contributed by atoms with E-state index in [2.05, 4.69) is 205 Å². The first-order valence-corrected chi connectivity index (χ1v) is 19.3. The van der Waals surface area contributed by atoms with Crippen LogP contribution in [0, 0.1) is 0 Å². The van der Waals surface area contributed by atoms with Gasteiger partial charge < -0.3 is 4.90 Å². The lowest BCUT2D eigenvalue weighted by Gasteiger charge is -2.28. The predicted molar refractivity (Wildman–Crippen MR) is 235 cm³/mol. The van der Waals surface area contributed by atoms with E-state index in [4.69, 9.17) is 0 Å². The molecule has 0 atom stereocenters. The van der Waals surface area contributed by atoms with E-state index in [0.29, 0.717) is 0 Å². The molecule has 0 aliphatic rings. The number of fused-ring (bicyclic) bond motifs is 8. The molecule has 0 spiro atoms. The molecule has 1 aromatic heterocycles. The van der Waals surface area contributed by atoms with Crippen molar-refractivity contribution >= 4 is 91.7 Å². The summed E-state index contributed by atoms with van der Waals surface area (Å²) >= 11 is 1.88. The van der Waals surface area contributed by atoms with Gasteiger partial charge in [0, 0.05) is 31.2 Å². The zero-order valence-corrected chi connectivity index (χ0v) is 30.2. The molecule has 0 unspecified atom stereocenters. The number of hydrogen-bond donors (Lipinski definition) is 0. The van der Waals surface area contributed by atoms with Gasteiger partial charge in [0.05, 0.1) is 11.4 Å². The molecular formula is C52H33NS. The Hall–Kier alpha value is -6.74. The standard InChI is InChI=1S/C52H33NS/c1-2-13-34(14-3-1)35-25-27-39(28-26-35)53(49-23-12-24-50-52(49)47-31-36-15-4-5-16-37(36)33-51(47)54-50)48-30-29-44(42-20-10-11-22-45(42)48)46-32-38-17-6-7-18-40(38)41-19-8-9-21-43(41)46/h1-33H. The van der Waals surface area contributed by atoms with Crippen molar-refractivity contribution < 1.29 is 0 Å². The topological polar surface area (TPSA) is 3.24 Å². The van der Waals surface area contributed by atoms with Gasteiger partial charge in [0.15, 0.2) is 0 Å². The average Bonchev–Trinajstić information content (AvgIpc) is 3.61. The number of benzene rings is 10. The third-order valence-corrected chi connectivity index (χ3v) is 12.1. The highest BCUT2D eigenvalue weighted by molar-refractivity contribution is 7.26. The summed E-state index contributed by atoms with van der Waals surface area (Å²) in [4.78, 5) is 2.49. The van der Waals surface area contributed by atoms with Gasteiger partial charge in [-0.15, -0.1) is 11.3 Å². The Morgan fingerprint density at radius 1 is 0.315 bits per heavy atom. The summed E-state index contributed by atoms with van der Waals surface area (Å²) in [6.07, 6.45) is 0. The molecule has 11 rings (SSSR count). The second kappa shape index (κ2) is 12.4. The van der Waals surface area contributed by atoms with Crippen LogP contribution in [0.5, 0.6) is 0 Å². The fraction of sp³-hybridized carbons (Fsp3) is 0. The Kier molecular flexibility index (Phi) is 7.11. The van der Waals surface area contributed by atoms with Gasteiger partial charge in [0.1, 0.15) is 0 Å². The third-order valence-electron chi connectivity index (χ3n) is 11.0. The fourth-order valence-electron chi connectivity index (χ4n) is 8.51. The van der Waals surface area contributed by atoms with Crippen LogP contribution >= 0.6 is 11.3 Å². The molecule has 0 bridgehead atoms. The third kappa shape index (κ3) is 4.92. The number of thiophene rings is 1. The lowest BCUT2D eigenvalue weighted by atomic mass is 9.90. The maximum atomic E-state index is 2.49. The highest BCUT2D eigenvalue weighted by Gasteiger charge is 2.22. The van der Waals surface area contributed by atoms with Crippen LogP contribution in [0.4, 0.5) is 17.1 Å². The Balaban J connectivity index is 1.18. The van der Waals surface area contributed by atoms with E-state index in [1.165, 1.54) is 91.2 Å². The van der Waals surface area contributed by atoms with Crippen LogP contribution in [0.2, 0.25) is 0 Å². The Morgan fingerprint density at radius 2 is 0.926 bits per heavy atom. The van der Waals surface area contributed by atoms with Crippen LogP contribution in [0.15, 0.2) is 200 Å². The quantitative estimate of drug-likeness (QED) is 0.161. The molecule has 0 radical (unpaired) electrons. The zero-order chi connectivity index (χ0) is 35.6. The lowest BCUT2D eigenvalue weighted by Crippen LogP contribution is -2.11. The minimum absolute atomic E-state index is 1.12. The van der Waals surface area contributed by atoms with Crippen LogP contribution in [0.25, 0.3) is 85.5 Å². The molecule has 0 amide bonds. The van der Waals surface area contributed by atoms with E-state index in [1.807, 2.05) is 11.3 Å². The van der Waals surface area contributed by atoms with E-state index in [-0.39, 0.29) is 0 Å². The average molecular weight is 704 g/mol. The molecule has 0 aliphatic carbocycles. The second-order valence-corrected chi connectivity index (χ2v) is 15.1. The van der Waals surface area contributed by atoms with Crippen LogP contribution < -0.4 is 4.90 Å². The van der Waals surface area contributed by atoms with Gasteiger partial charge >= 0.3 is 0 Å². The summed E-state index contributed by atoms with van der Waals surface area (Å²) in [5, 5.41) is 12.6. The Bertz CT molecular complexity index is 3210. The van der Waals surface area contributed by atoms with E-state index in [1.54, 1.807) is 0 Å². The van der Waals surface area contributed by atoms with Crippen molar-refractivity contribution in [3.63, 3.8) is 0 Å². The van der Waals surface area contributed by atoms with Crippen LogP contribution in [-0.4, -0.2) is 0 Å². The molecule has 1 nitrogen and oxygen atoms in total. The van der Waals surface area contributed by atoms with Crippen LogP contribution in [0.1, 0.15) is 0 Å². The molecule has 0 N–H and O–H groups in total. The molecule has 1 heterocycles. The fourth-order valence-corrected chi connectivity index (χ4v) is 9.67. The second-order valence-electron chi connectivity index (χ2n) is 14.1. The Labute approximate surface area is 317 Å². The smallest absolute Gasteiger partial charge is 0.0555 e. The van der Waals surface area contributed by atoms with Crippen molar-refractivity contribution in [1.82, 2.24) is 0 Å². The van der Waals surface area contributed by atoms with Gasteiger partial charge in [-0.25, -0.2) is 0 Å². The van der Waals surface area contributed by atoms with Gasteiger partial charge in [-0.1, -0.05) is 152 Å². The molecular weight excluding hydrogens is 671 g/mol. The summed E-state index contributed by atoms with van der Waals surface area (Å²) in [5.74, 6) is 0. The highest BCUT2D eigenvalue weighted by atomic mass is 32.1. The van der Waals surface area contributed by atoms with E-state index in [0.717, 1.165) is 11.4 Å². The molecule has 10 aromatic carbocycles. The number of rotatable bonds is 5. The predicted octanol–water partition coefficient (Wildman–Crippen LogP) is 15.5. The molecule has 252 valence electrons. The summed E-state index contributed by atoms with van der Waals surface area (Å²) in [6.45, 7) is 0. The molecule has 0 saturated carbocycles.